The van der Waals surface area contributed by atoms with Crippen LogP contribution >= 0.6 is 0 Å². The zero-order chi connectivity index (χ0) is 7.52. The van der Waals surface area contributed by atoms with Crippen LogP contribution in [0, 0.1) is 0 Å². The van der Waals surface area contributed by atoms with Gasteiger partial charge in [0, 0.05) is 18.1 Å². The molecular weight excluding hydrogens is 328 g/mol. The van der Waals surface area contributed by atoms with Gasteiger partial charge in [0.15, 0.2) is 0 Å². The molecule has 2 rings (SSSR count). The van der Waals surface area contributed by atoms with Gasteiger partial charge in [-0.15, -0.1) is 0 Å². The Labute approximate surface area is 83.3 Å². The van der Waals surface area contributed by atoms with E-state index in [9.17, 15) is 0 Å². The maximum Gasteiger partial charge on any atom is 1.00 e. The van der Waals surface area contributed by atoms with E-state index in [1.54, 1.807) is 12.4 Å². The molecule has 0 bridgehead atoms. The molecule has 4 heteroatoms. The van der Waals surface area contributed by atoms with Gasteiger partial charge in [-0.25, -0.2) is 0 Å². The van der Waals surface area contributed by atoms with Crippen LogP contribution in [0.3, 0.4) is 0 Å². The molecule has 0 saturated heterocycles. The summed E-state index contributed by atoms with van der Waals surface area (Å²) in [6.45, 7) is 0. The summed E-state index contributed by atoms with van der Waals surface area (Å²) in [6.07, 6.45) is 3.40. The van der Waals surface area contributed by atoms with Gasteiger partial charge in [0.1, 0.15) is 0 Å². The first-order valence-corrected chi connectivity index (χ1v) is 3.32. The van der Waals surface area contributed by atoms with Gasteiger partial charge in [0.05, 0.1) is 0 Å². The average Bonchev–Trinajstić information content (AvgIpc) is 2.58. The second-order valence-electron chi connectivity index (χ2n) is 2.13. The van der Waals surface area contributed by atoms with Gasteiger partial charge < -0.3 is 10.2 Å². The number of aromatic nitrogens is 3. The van der Waals surface area contributed by atoms with Gasteiger partial charge >= 0.3 is 19.8 Å². The molecule has 2 aromatic heterocycles. The third-order valence-electron chi connectivity index (χ3n) is 1.39. The number of rotatable bonds is 1. The van der Waals surface area contributed by atoms with Gasteiger partial charge in [-0.3, -0.25) is 4.98 Å². The van der Waals surface area contributed by atoms with E-state index in [1.165, 1.54) is 0 Å². The Morgan fingerprint density at radius 1 is 1.08 bits per heavy atom. The first-order valence-electron chi connectivity index (χ1n) is 3.32. The summed E-state index contributed by atoms with van der Waals surface area (Å²) in [7, 11) is 0. The SMILES string of the molecule is [Os+].c1ccc(-c2ccn[n-]2)nc1. The van der Waals surface area contributed by atoms with Crippen LogP contribution in [0.25, 0.3) is 11.4 Å². The fourth-order valence-electron chi connectivity index (χ4n) is 0.884. The molecule has 1 radical (unpaired) electrons. The Kier molecular flexibility index (Phi) is 3.13. The molecular formula is C8H6N3Os. The van der Waals surface area contributed by atoms with Crippen LogP contribution < -0.4 is 5.10 Å². The summed E-state index contributed by atoms with van der Waals surface area (Å²) in [5, 5.41) is 7.58. The van der Waals surface area contributed by atoms with Crippen molar-refractivity contribution in [3.8, 4) is 11.4 Å². The summed E-state index contributed by atoms with van der Waals surface area (Å²) < 4.78 is 0. The fourth-order valence-corrected chi connectivity index (χ4v) is 0.884. The van der Waals surface area contributed by atoms with Crippen LogP contribution in [0.5, 0.6) is 0 Å². The molecule has 61 valence electrons. The largest absolute Gasteiger partial charge is 1.00 e. The molecule has 0 saturated carbocycles. The quantitative estimate of drug-likeness (QED) is 0.784. The Morgan fingerprint density at radius 2 is 2.00 bits per heavy atom. The van der Waals surface area contributed by atoms with E-state index in [2.05, 4.69) is 15.2 Å². The maximum atomic E-state index is 4.12. The Balaban J connectivity index is 0.000000720. The predicted octanol–water partition coefficient (Wildman–Crippen LogP) is 1.10. The van der Waals surface area contributed by atoms with Gasteiger partial charge in [0.25, 0.3) is 0 Å². The van der Waals surface area contributed by atoms with E-state index in [0.717, 1.165) is 11.4 Å². The Hall–Kier alpha value is -1.00. The van der Waals surface area contributed by atoms with E-state index in [0.29, 0.717) is 0 Å². The van der Waals surface area contributed by atoms with Crippen LogP contribution in [-0.2, 0) is 19.8 Å². The molecule has 0 aromatic carbocycles. The van der Waals surface area contributed by atoms with Crippen molar-refractivity contribution in [2.45, 2.75) is 0 Å². The molecule has 0 aliphatic rings. The summed E-state index contributed by atoms with van der Waals surface area (Å²) in [4.78, 5) is 4.12. The Bertz CT molecular complexity index is 317. The smallest absolute Gasteiger partial charge is 0.574 e. The van der Waals surface area contributed by atoms with E-state index in [4.69, 9.17) is 0 Å². The van der Waals surface area contributed by atoms with Gasteiger partial charge in [-0.1, -0.05) is 17.8 Å². The number of pyridine rings is 1. The number of hydrogen-bond acceptors (Lipinski definition) is 2. The fraction of sp³-hybridized carbons (Fsp3) is 0. The Morgan fingerprint density at radius 3 is 2.58 bits per heavy atom. The van der Waals surface area contributed by atoms with E-state index in [1.807, 2.05) is 24.3 Å². The maximum absolute atomic E-state index is 4.12. The van der Waals surface area contributed by atoms with Crippen LogP contribution in [-0.4, -0.2) is 10.1 Å². The molecule has 2 aromatic rings. The van der Waals surface area contributed by atoms with Gasteiger partial charge in [-0.05, 0) is 12.1 Å². The molecule has 0 unspecified atom stereocenters. The molecule has 0 atom stereocenters. The topological polar surface area (TPSA) is 39.9 Å². The van der Waals surface area contributed by atoms with Gasteiger partial charge in [0.2, 0.25) is 0 Å². The second kappa shape index (κ2) is 4.13. The summed E-state index contributed by atoms with van der Waals surface area (Å²) in [6, 6.07) is 7.54. The van der Waals surface area contributed by atoms with Crippen LogP contribution in [0.2, 0.25) is 0 Å². The summed E-state index contributed by atoms with van der Waals surface area (Å²) in [5.41, 5.74) is 1.69. The molecule has 0 N–H and O–H groups in total. The van der Waals surface area contributed by atoms with Crippen LogP contribution in [0.4, 0.5) is 0 Å². The first kappa shape index (κ1) is 9.09. The number of hydrogen-bond donors (Lipinski definition) is 0. The molecule has 0 amide bonds. The van der Waals surface area contributed by atoms with E-state index < -0.39 is 0 Å². The zero-order valence-electron chi connectivity index (χ0n) is 6.16. The van der Waals surface area contributed by atoms with E-state index in [-0.39, 0.29) is 19.8 Å². The molecule has 0 aliphatic carbocycles. The summed E-state index contributed by atoms with van der Waals surface area (Å²) in [5.74, 6) is 0. The van der Waals surface area contributed by atoms with Gasteiger partial charge in [-0.2, -0.15) is 0 Å². The third-order valence-corrected chi connectivity index (χ3v) is 1.39. The molecule has 0 fully saturated rings. The van der Waals surface area contributed by atoms with Crippen molar-refractivity contribution in [2.24, 2.45) is 0 Å². The molecule has 12 heavy (non-hydrogen) atoms. The van der Waals surface area contributed by atoms with Crippen molar-refractivity contribution in [2.75, 3.05) is 0 Å². The normalized spacial score (nSPS) is 9.00. The van der Waals surface area contributed by atoms with Crippen molar-refractivity contribution >= 4 is 0 Å². The van der Waals surface area contributed by atoms with Crippen molar-refractivity contribution in [3.63, 3.8) is 0 Å². The molecule has 0 aliphatic heterocycles. The van der Waals surface area contributed by atoms with Crippen molar-refractivity contribution in [1.82, 2.24) is 15.2 Å². The minimum absolute atomic E-state index is 0. The number of nitrogens with zero attached hydrogens (tertiary/aromatic N) is 3. The monoisotopic (exact) mass is 336 g/mol. The third kappa shape index (κ3) is 1.78. The van der Waals surface area contributed by atoms with Crippen molar-refractivity contribution in [3.05, 3.63) is 36.7 Å². The van der Waals surface area contributed by atoms with Crippen molar-refractivity contribution in [1.29, 1.82) is 0 Å². The molecule has 3 nitrogen and oxygen atoms in total. The van der Waals surface area contributed by atoms with Crippen LogP contribution in [0.15, 0.2) is 36.7 Å². The molecule has 0 spiro atoms. The van der Waals surface area contributed by atoms with Crippen LogP contribution in [0.1, 0.15) is 0 Å². The minimum atomic E-state index is 0. The van der Waals surface area contributed by atoms with Crippen molar-refractivity contribution < 1.29 is 19.8 Å². The predicted molar refractivity (Wildman–Crippen MR) is 40.8 cm³/mol. The standard InChI is InChI=1S/C8H6N3.Os/c1-2-5-9-7(3-1)8-4-6-10-11-8;/h1-6H;/q-1;+1. The first-order chi connectivity index (χ1) is 5.47. The second-order valence-corrected chi connectivity index (χ2v) is 2.13. The summed E-state index contributed by atoms with van der Waals surface area (Å²) >= 11 is 0. The minimum Gasteiger partial charge on any atom is -0.574 e. The average molecular weight is 334 g/mol. The van der Waals surface area contributed by atoms with E-state index >= 15 is 0 Å². The zero-order valence-corrected chi connectivity index (χ0v) is 8.70. The molecule has 2 heterocycles.